The maximum atomic E-state index is 14.5. The molecule has 142 valence electrons. The lowest BCUT2D eigenvalue weighted by Gasteiger charge is -2.14. The van der Waals surface area contributed by atoms with Crippen LogP contribution in [0.25, 0.3) is 0 Å². The molecule has 1 unspecified atom stereocenters. The van der Waals surface area contributed by atoms with Gasteiger partial charge in [-0.15, -0.1) is 0 Å². The molecule has 1 amide bonds. The molecule has 1 saturated heterocycles. The molecule has 27 heavy (non-hydrogen) atoms. The molecule has 1 aromatic heterocycles. The number of amides is 1. The third-order valence-electron chi connectivity index (χ3n) is 6.05. The number of carbonyl (C=O) groups excluding carboxylic acids is 1. The first-order valence-corrected chi connectivity index (χ1v) is 10.3. The quantitative estimate of drug-likeness (QED) is 0.700. The minimum Gasteiger partial charge on any atom is -0.379 e. The number of fused-ring (bicyclic) bond motifs is 3. The van der Waals surface area contributed by atoms with Crippen LogP contribution in [0.4, 0.5) is 4.39 Å². The largest absolute Gasteiger partial charge is 0.379 e. The summed E-state index contributed by atoms with van der Waals surface area (Å²) in [6, 6.07) is 5.19. The van der Waals surface area contributed by atoms with Crippen LogP contribution in [0.2, 0.25) is 0 Å². The van der Waals surface area contributed by atoms with Crippen molar-refractivity contribution in [2.24, 2.45) is 0 Å². The van der Waals surface area contributed by atoms with E-state index in [4.69, 9.17) is 17.0 Å². The normalized spacial score (nSPS) is 28.1. The minimum atomic E-state index is -0.240. The fourth-order valence-electron chi connectivity index (χ4n) is 4.69. The molecule has 8 heteroatoms. The summed E-state index contributed by atoms with van der Waals surface area (Å²) < 4.78 is 23.4. The highest BCUT2D eigenvalue weighted by Crippen LogP contribution is 2.66. The van der Waals surface area contributed by atoms with E-state index in [9.17, 15) is 9.18 Å². The van der Waals surface area contributed by atoms with Gasteiger partial charge in [-0.3, -0.25) is 4.79 Å². The van der Waals surface area contributed by atoms with Crippen LogP contribution in [0, 0.1) is 10.6 Å². The molecule has 2 fully saturated rings. The molecule has 2 N–H and O–H groups in total. The Bertz CT molecular complexity index is 997. The number of hydrogen-bond donors (Lipinski definition) is 2. The molecular formula is C19H19BrFN3O2S. The summed E-state index contributed by atoms with van der Waals surface area (Å²) in [5.41, 5.74) is 2.42. The molecule has 3 atom stereocenters. The molecule has 2 aliphatic heterocycles. The van der Waals surface area contributed by atoms with Gasteiger partial charge < -0.3 is 19.6 Å². The van der Waals surface area contributed by atoms with Crippen molar-refractivity contribution < 1.29 is 13.9 Å². The van der Waals surface area contributed by atoms with Gasteiger partial charge in [-0.1, -0.05) is 15.9 Å². The molecule has 3 aliphatic rings. The number of aromatic amines is 1. The van der Waals surface area contributed by atoms with E-state index in [1.54, 1.807) is 6.07 Å². The number of nitrogens with one attached hydrogen (secondary N) is 2. The van der Waals surface area contributed by atoms with Gasteiger partial charge >= 0.3 is 0 Å². The van der Waals surface area contributed by atoms with Crippen LogP contribution in [-0.4, -0.2) is 34.7 Å². The summed E-state index contributed by atoms with van der Waals surface area (Å²) in [4.78, 5) is 15.7. The number of H-pyrrole nitrogens is 1. The lowest BCUT2D eigenvalue weighted by atomic mass is 9.93. The van der Waals surface area contributed by atoms with Gasteiger partial charge in [0.2, 0.25) is 5.91 Å². The fourth-order valence-corrected chi connectivity index (χ4v) is 5.34. The van der Waals surface area contributed by atoms with Crippen molar-refractivity contribution in [3.05, 3.63) is 50.2 Å². The van der Waals surface area contributed by atoms with Crippen LogP contribution >= 0.6 is 28.1 Å². The molecule has 1 aliphatic carbocycles. The van der Waals surface area contributed by atoms with Crippen LogP contribution in [0.15, 0.2) is 22.7 Å². The zero-order valence-electron chi connectivity index (χ0n) is 14.6. The summed E-state index contributed by atoms with van der Waals surface area (Å²) in [5, 5.41) is 3.02. The van der Waals surface area contributed by atoms with Crippen molar-refractivity contribution in [3.8, 4) is 0 Å². The van der Waals surface area contributed by atoms with E-state index in [-0.39, 0.29) is 35.5 Å². The Labute approximate surface area is 169 Å². The number of benzene rings is 1. The predicted molar refractivity (Wildman–Crippen MR) is 104 cm³/mol. The smallest absolute Gasteiger partial charge is 0.226 e. The van der Waals surface area contributed by atoms with Gasteiger partial charge in [0.1, 0.15) is 5.82 Å². The van der Waals surface area contributed by atoms with Crippen molar-refractivity contribution in [1.82, 2.24) is 14.9 Å². The van der Waals surface area contributed by atoms with Crippen LogP contribution in [-0.2, 0) is 27.9 Å². The van der Waals surface area contributed by atoms with E-state index >= 15 is 0 Å². The monoisotopic (exact) mass is 451 g/mol. The highest BCUT2D eigenvalue weighted by molar-refractivity contribution is 9.10. The van der Waals surface area contributed by atoms with E-state index in [1.807, 2.05) is 10.6 Å². The Hall–Kier alpha value is -1.51. The summed E-state index contributed by atoms with van der Waals surface area (Å²) in [5.74, 6) is -0.00863. The predicted octanol–water partition coefficient (Wildman–Crippen LogP) is 3.33. The zero-order valence-corrected chi connectivity index (χ0v) is 17.0. The van der Waals surface area contributed by atoms with Crippen LogP contribution in [0.3, 0.4) is 0 Å². The highest BCUT2D eigenvalue weighted by Gasteiger charge is 2.63. The molecule has 5 nitrogen and oxygen atoms in total. The summed E-state index contributed by atoms with van der Waals surface area (Å²) in [6.07, 6.45) is 2.00. The van der Waals surface area contributed by atoms with E-state index in [0.29, 0.717) is 24.5 Å². The number of rotatable bonds is 4. The highest BCUT2D eigenvalue weighted by atomic mass is 79.9. The lowest BCUT2D eigenvalue weighted by Crippen LogP contribution is -2.36. The van der Waals surface area contributed by atoms with E-state index < -0.39 is 0 Å². The van der Waals surface area contributed by atoms with Crippen molar-refractivity contribution in [2.45, 2.75) is 43.2 Å². The average Bonchev–Trinajstić information content (AvgIpc) is 2.95. The van der Waals surface area contributed by atoms with Crippen LogP contribution < -0.4 is 5.32 Å². The first-order valence-electron chi connectivity index (χ1n) is 9.12. The topological polar surface area (TPSA) is 59.0 Å². The molecule has 0 bridgehead atoms. The molecule has 3 heterocycles. The van der Waals surface area contributed by atoms with Crippen LogP contribution in [0.1, 0.15) is 35.7 Å². The molecule has 1 aromatic carbocycles. The van der Waals surface area contributed by atoms with Crippen molar-refractivity contribution >= 4 is 34.1 Å². The van der Waals surface area contributed by atoms with Gasteiger partial charge in [-0.25, -0.2) is 4.39 Å². The Morgan fingerprint density at radius 1 is 1.52 bits per heavy atom. The maximum Gasteiger partial charge on any atom is 0.226 e. The van der Waals surface area contributed by atoms with Gasteiger partial charge in [0, 0.05) is 40.3 Å². The second-order valence-corrected chi connectivity index (χ2v) is 9.02. The summed E-state index contributed by atoms with van der Waals surface area (Å²) in [7, 11) is 0. The first kappa shape index (κ1) is 17.6. The van der Waals surface area contributed by atoms with Gasteiger partial charge in [0.15, 0.2) is 4.77 Å². The van der Waals surface area contributed by atoms with Gasteiger partial charge in [0.05, 0.1) is 19.1 Å². The Kier molecular flexibility index (Phi) is 4.07. The molecule has 0 spiro atoms. The zero-order chi connectivity index (χ0) is 18.8. The second kappa shape index (κ2) is 6.25. The van der Waals surface area contributed by atoms with Gasteiger partial charge in [0.25, 0.3) is 0 Å². The Morgan fingerprint density at radius 2 is 2.37 bits per heavy atom. The number of halogens is 2. The second-order valence-electron chi connectivity index (χ2n) is 7.72. The summed E-state index contributed by atoms with van der Waals surface area (Å²) in [6.45, 7) is 1.93. The van der Waals surface area contributed by atoms with Gasteiger partial charge in [-0.2, -0.15) is 0 Å². The summed E-state index contributed by atoms with van der Waals surface area (Å²) >= 11 is 8.93. The molecule has 5 rings (SSSR count). The number of aromatic nitrogens is 2. The number of carbonyl (C=O) groups is 1. The van der Waals surface area contributed by atoms with Crippen molar-refractivity contribution in [2.75, 3.05) is 13.2 Å². The third kappa shape index (κ3) is 2.80. The van der Waals surface area contributed by atoms with E-state index in [1.165, 1.54) is 6.07 Å². The van der Waals surface area contributed by atoms with Gasteiger partial charge in [-0.05, 0) is 48.8 Å². The molecular weight excluding hydrogens is 433 g/mol. The number of hydrogen-bond acceptors (Lipinski definition) is 3. The minimum absolute atomic E-state index is 0.0306. The third-order valence-corrected chi connectivity index (χ3v) is 6.86. The van der Waals surface area contributed by atoms with Crippen LogP contribution in [0.5, 0.6) is 0 Å². The standard InChI is InChI=1S/C19H19BrFN3O2S/c20-10-1-2-14(21)12(5-10)19-7-13(19)17-15(23-18(27)24(17)9-19)6-16(25)22-11-3-4-26-8-11/h1-2,5,11,13H,3-4,6-9H2,(H,22,25)(H,23,27)/t11?,13-,19+/m0/s1. The number of imidazole rings is 1. The number of ether oxygens (including phenoxy) is 1. The molecule has 2 aromatic rings. The van der Waals surface area contributed by atoms with E-state index in [2.05, 4.69) is 26.2 Å². The SMILES string of the molecule is O=C(Cc1[nH]c(=S)n2c1[C@@H]1C[C@]1(c1cc(Br)ccc1F)C2)NC1CCOC1. The molecule has 0 radical (unpaired) electrons. The van der Waals surface area contributed by atoms with Crippen molar-refractivity contribution in [3.63, 3.8) is 0 Å². The van der Waals surface area contributed by atoms with Crippen molar-refractivity contribution in [1.29, 1.82) is 0 Å². The Morgan fingerprint density at radius 3 is 3.15 bits per heavy atom. The maximum absolute atomic E-state index is 14.5. The fraction of sp³-hybridized carbons (Fsp3) is 0.474. The molecule has 1 saturated carbocycles. The Balaban J connectivity index is 1.41. The average molecular weight is 452 g/mol. The number of nitrogens with zero attached hydrogens (tertiary/aromatic N) is 1. The van der Waals surface area contributed by atoms with E-state index in [0.717, 1.165) is 34.3 Å². The first-order chi connectivity index (χ1) is 13.0. The lowest BCUT2D eigenvalue weighted by molar-refractivity contribution is -0.121.